The largest absolute Gasteiger partial charge is 0.314 e. The molecule has 2 aliphatic heterocycles. The summed E-state index contributed by atoms with van der Waals surface area (Å²) in [5.41, 5.74) is 0. The van der Waals surface area contributed by atoms with Crippen LogP contribution < -0.4 is 5.32 Å². The maximum Gasteiger partial charge on any atom is 0.282 e. The molecule has 0 bridgehead atoms. The molecule has 3 aliphatic rings. The van der Waals surface area contributed by atoms with Gasteiger partial charge in [0.15, 0.2) is 0 Å². The Morgan fingerprint density at radius 1 is 0.895 bits per heavy atom. The molecule has 2 heterocycles. The van der Waals surface area contributed by atoms with Gasteiger partial charge in [-0.1, -0.05) is 12.8 Å². The summed E-state index contributed by atoms with van der Waals surface area (Å²) in [6, 6.07) is 0.280. The monoisotopic (exact) mass is 287 g/mol. The van der Waals surface area contributed by atoms with E-state index in [1.165, 1.54) is 25.7 Å². The standard InChI is InChI=1S/C13H25N3O2S/c17-19(18,15-10-7-14-8-11-15)16-9-3-6-13(16)12-4-1-2-5-12/h12-14H,1-11H2. The Kier molecular flexibility index (Phi) is 4.12. The van der Waals surface area contributed by atoms with Gasteiger partial charge in [-0.05, 0) is 31.6 Å². The Morgan fingerprint density at radius 2 is 1.58 bits per heavy atom. The highest BCUT2D eigenvalue weighted by molar-refractivity contribution is 7.86. The van der Waals surface area contributed by atoms with Crippen molar-refractivity contribution in [1.82, 2.24) is 13.9 Å². The molecule has 2 saturated heterocycles. The third-order valence-electron chi connectivity index (χ3n) is 4.89. The zero-order chi connectivity index (χ0) is 13.3. The quantitative estimate of drug-likeness (QED) is 0.835. The molecular formula is C13H25N3O2S. The van der Waals surface area contributed by atoms with Crippen LogP contribution in [0.15, 0.2) is 0 Å². The van der Waals surface area contributed by atoms with Crippen LogP contribution in [0, 0.1) is 5.92 Å². The lowest BCUT2D eigenvalue weighted by molar-refractivity contribution is 0.256. The van der Waals surface area contributed by atoms with Crippen molar-refractivity contribution in [2.24, 2.45) is 5.92 Å². The summed E-state index contributed by atoms with van der Waals surface area (Å²) >= 11 is 0. The molecule has 1 aliphatic carbocycles. The average Bonchev–Trinajstić information content (AvgIpc) is 3.10. The van der Waals surface area contributed by atoms with Gasteiger partial charge in [-0.15, -0.1) is 0 Å². The molecule has 1 N–H and O–H groups in total. The zero-order valence-corrected chi connectivity index (χ0v) is 12.4. The number of piperazine rings is 1. The smallest absolute Gasteiger partial charge is 0.282 e. The van der Waals surface area contributed by atoms with E-state index >= 15 is 0 Å². The van der Waals surface area contributed by atoms with Crippen molar-refractivity contribution in [3.05, 3.63) is 0 Å². The highest BCUT2D eigenvalue weighted by Crippen LogP contribution is 2.37. The molecule has 6 heteroatoms. The van der Waals surface area contributed by atoms with Crippen LogP contribution in [-0.2, 0) is 10.2 Å². The molecule has 0 aromatic rings. The molecule has 0 spiro atoms. The second-order valence-corrected chi connectivity index (χ2v) is 7.90. The zero-order valence-electron chi connectivity index (χ0n) is 11.6. The molecule has 1 unspecified atom stereocenters. The van der Waals surface area contributed by atoms with Crippen molar-refractivity contribution in [2.45, 2.75) is 44.6 Å². The molecule has 110 valence electrons. The number of rotatable bonds is 3. The van der Waals surface area contributed by atoms with Gasteiger partial charge in [0.2, 0.25) is 0 Å². The molecule has 3 rings (SSSR count). The van der Waals surface area contributed by atoms with E-state index in [0.717, 1.165) is 32.5 Å². The predicted molar refractivity (Wildman–Crippen MR) is 75.0 cm³/mol. The van der Waals surface area contributed by atoms with E-state index in [-0.39, 0.29) is 6.04 Å². The lowest BCUT2D eigenvalue weighted by atomic mass is 9.97. The minimum absolute atomic E-state index is 0.280. The summed E-state index contributed by atoms with van der Waals surface area (Å²) in [5, 5.41) is 3.22. The van der Waals surface area contributed by atoms with Crippen molar-refractivity contribution in [3.63, 3.8) is 0 Å². The molecular weight excluding hydrogens is 262 g/mol. The van der Waals surface area contributed by atoms with Crippen LogP contribution in [0.25, 0.3) is 0 Å². The van der Waals surface area contributed by atoms with E-state index in [4.69, 9.17) is 0 Å². The molecule has 0 aromatic carbocycles. The predicted octanol–water partition coefficient (Wildman–Crippen LogP) is 0.791. The van der Waals surface area contributed by atoms with Gasteiger partial charge >= 0.3 is 0 Å². The SMILES string of the molecule is O=S(=O)(N1CCNCC1)N1CCCC1C1CCCC1. The van der Waals surface area contributed by atoms with Gasteiger partial charge in [0.25, 0.3) is 10.2 Å². The maximum atomic E-state index is 12.8. The van der Waals surface area contributed by atoms with E-state index in [2.05, 4.69) is 5.32 Å². The van der Waals surface area contributed by atoms with Gasteiger partial charge in [0.1, 0.15) is 0 Å². The van der Waals surface area contributed by atoms with E-state index in [1.54, 1.807) is 4.31 Å². The summed E-state index contributed by atoms with van der Waals surface area (Å²) in [5.74, 6) is 0.611. The molecule has 3 fully saturated rings. The topological polar surface area (TPSA) is 52.7 Å². The number of nitrogens with zero attached hydrogens (tertiary/aromatic N) is 2. The van der Waals surface area contributed by atoms with Gasteiger partial charge < -0.3 is 5.32 Å². The molecule has 0 amide bonds. The van der Waals surface area contributed by atoms with Gasteiger partial charge in [-0.3, -0.25) is 0 Å². The Hall–Kier alpha value is -0.170. The summed E-state index contributed by atoms with van der Waals surface area (Å²) in [6.45, 7) is 3.53. The average molecular weight is 287 g/mol. The van der Waals surface area contributed by atoms with Crippen molar-refractivity contribution >= 4 is 10.2 Å². The minimum Gasteiger partial charge on any atom is -0.314 e. The van der Waals surface area contributed by atoms with Crippen LogP contribution in [0.4, 0.5) is 0 Å². The maximum absolute atomic E-state index is 12.8. The molecule has 1 atom stereocenters. The number of hydrogen-bond acceptors (Lipinski definition) is 3. The minimum atomic E-state index is -3.22. The van der Waals surface area contributed by atoms with Crippen LogP contribution in [0.3, 0.4) is 0 Å². The first-order valence-electron chi connectivity index (χ1n) is 7.67. The summed E-state index contributed by atoms with van der Waals surface area (Å²) in [6.07, 6.45) is 7.10. The summed E-state index contributed by atoms with van der Waals surface area (Å²) in [7, 11) is -3.22. The van der Waals surface area contributed by atoms with Crippen LogP contribution in [0.1, 0.15) is 38.5 Å². The Bertz CT molecular complexity index is 400. The van der Waals surface area contributed by atoms with Crippen LogP contribution in [0.5, 0.6) is 0 Å². The number of nitrogens with one attached hydrogen (secondary N) is 1. The molecule has 0 aromatic heterocycles. The second-order valence-electron chi connectivity index (χ2n) is 6.02. The Balaban J connectivity index is 1.74. The van der Waals surface area contributed by atoms with Gasteiger partial charge in [-0.25, -0.2) is 0 Å². The molecule has 19 heavy (non-hydrogen) atoms. The first-order valence-corrected chi connectivity index (χ1v) is 9.07. The fourth-order valence-electron chi connectivity index (χ4n) is 3.89. The number of hydrogen-bond donors (Lipinski definition) is 1. The highest BCUT2D eigenvalue weighted by atomic mass is 32.2. The second kappa shape index (κ2) is 5.68. The summed E-state index contributed by atoms with van der Waals surface area (Å²) in [4.78, 5) is 0. The lowest BCUT2D eigenvalue weighted by Gasteiger charge is -2.35. The van der Waals surface area contributed by atoms with Crippen LogP contribution >= 0.6 is 0 Å². The summed E-state index contributed by atoms with van der Waals surface area (Å²) < 4.78 is 29.1. The lowest BCUT2D eigenvalue weighted by Crippen LogP contribution is -2.53. The third-order valence-corrected chi connectivity index (χ3v) is 6.95. The van der Waals surface area contributed by atoms with Crippen molar-refractivity contribution < 1.29 is 8.42 Å². The first-order chi connectivity index (χ1) is 9.19. The van der Waals surface area contributed by atoms with Crippen molar-refractivity contribution in [1.29, 1.82) is 0 Å². The van der Waals surface area contributed by atoms with Gasteiger partial charge in [0.05, 0.1) is 0 Å². The van der Waals surface area contributed by atoms with Crippen LogP contribution in [0.2, 0.25) is 0 Å². The Morgan fingerprint density at radius 3 is 2.26 bits per heavy atom. The van der Waals surface area contributed by atoms with Crippen molar-refractivity contribution in [3.8, 4) is 0 Å². The van der Waals surface area contributed by atoms with Crippen molar-refractivity contribution in [2.75, 3.05) is 32.7 Å². The van der Waals surface area contributed by atoms with Gasteiger partial charge in [-0.2, -0.15) is 17.0 Å². The van der Waals surface area contributed by atoms with E-state index in [0.29, 0.717) is 19.0 Å². The fraction of sp³-hybridized carbons (Fsp3) is 1.00. The molecule has 0 radical (unpaired) electrons. The first kappa shape index (κ1) is 13.8. The third kappa shape index (κ3) is 2.68. The van der Waals surface area contributed by atoms with E-state index in [1.807, 2.05) is 4.31 Å². The van der Waals surface area contributed by atoms with Gasteiger partial charge in [0, 0.05) is 38.8 Å². The van der Waals surface area contributed by atoms with Crippen LogP contribution in [-0.4, -0.2) is 55.8 Å². The normalized spacial score (nSPS) is 32.1. The Labute approximate surface area is 116 Å². The fourth-order valence-corrected chi connectivity index (χ4v) is 5.81. The molecule has 1 saturated carbocycles. The van der Waals surface area contributed by atoms with E-state index in [9.17, 15) is 8.42 Å². The highest BCUT2D eigenvalue weighted by Gasteiger charge is 2.42. The van der Waals surface area contributed by atoms with E-state index < -0.39 is 10.2 Å². The molecule has 5 nitrogen and oxygen atoms in total.